The monoisotopic (exact) mass is 548 g/mol. The van der Waals surface area contributed by atoms with Crippen molar-refractivity contribution in [2.45, 2.75) is 85.5 Å². The smallest absolute Gasteiger partial charge is 0.246 e. The summed E-state index contributed by atoms with van der Waals surface area (Å²) < 4.78 is 0. The van der Waals surface area contributed by atoms with Gasteiger partial charge in [0.25, 0.3) is 0 Å². The predicted octanol–water partition coefficient (Wildman–Crippen LogP) is 1.60. The summed E-state index contributed by atoms with van der Waals surface area (Å²) in [4.78, 5) is 64.7. The number of aliphatic hydroxyl groups is 1. The third-order valence-electron chi connectivity index (χ3n) is 5.61. The summed E-state index contributed by atoms with van der Waals surface area (Å²) in [5.74, 6) is -0.428. The molecule has 0 aromatic carbocycles. The van der Waals surface area contributed by atoms with Gasteiger partial charge in [-0.2, -0.15) is 0 Å². The van der Waals surface area contributed by atoms with E-state index in [0.717, 1.165) is 23.5 Å². The van der Waals surface area contributed by atoms with Gasteiger partial charge in [-0.25, -0.2) is 0 Å². The molecule has 3 unspecified atom stereocenters. The van der Waals surface area contributed by atoms with Crippen molar-refractivity contribution in [2.24, 2.45) is 0 Å². The van der Waals surface area contributed by atoms with Gasteiger partial charge in [0.2, 0.25) is 17.7 Å². The average Bonchev–Trinajstić information content (AvgIpc) is 2.88. The molecule has 12 heteroatoms. The second-order valence-electron chi connectivity index (χ2n) is 8.01. The van der Waals surface area contributed by atoms with Crippen molar-refractivity contribution in [2.75, 3.05) is 37.7 Å². The fourth-order valence-electron chi connectivity index (χ4n) is 3.30. The minimum Gasteiger partial charge on any atom is -0.376 e. The molecule has 0 aliphatic carbocycles. The Labute approximate surface area is 224 Å². The molecule has 3 atom stereocenters. The molecular weight excluding hydrogens is 504 g/mol. The quantitative estimate of drug-likeness (QED) is 0.218. The van der Waals surface area contributed by atoms with Crippen molar-refractivity contribution in [3.05, 3.63) is 0 Å². The molecule has 3 amide bonds. The summed E-state index contributed by atoms with van der Waals surface area (Å²) in [6, 6.07) is -1.42. The summed E-state index contributed by atoms with van der Waals surface area (Å²) in [6.07, 6.45) is -0.430. The molecule has 0 radical (unpaired) electrons. The van der Waals surface area contributed by atoms with Gasteiger partial charge >= 0.3 is 0 Å². The topological polar surface area (TPSA) is 136 Å². The van der Waals surface area contributed by atoms with E-state index in [9.17, 15) is 29.1 Å². The van der Waals surface area contributed by atoms with E-state index in [0.29, 0.717) is 26.2 Å². The number of thioether (sulfide) groups is 2. The SMILES string of the molecule is CCC(=O)NC(CSC(=O)CCC(=O)SCC(NC(=O)CC)C(O)N(CC)CC)C(=O)N(CC)CC. The minimum atomic E-state index is -0.924. The number of nitrogens with zero attached hydrogens (tertiary/aromatic N) is 2. The summed E-state index contributed by atoms with van der Waals surface area (Å²) in [7, 11) is 0. The van der Waals surface area contributed by atoms with Crippen molar-refractivity contribution in [3.8, 4) is 0 Å². The largest absolute Gasteiger partial charge is 0.376 e. The fraction of sp³-hybridized carbons (Fsp3) is 0.792. The summed E-state index contributed by atoms with van der Waals surface area (Å²) in [6.45, 7) is 13.1. The molecule has 0 aromatic rings. The van der Waals surface area contributed by atoms with Gasteiger partial charge in [-0.3, -0.25) is 28.9 Å². The van der Waals surface area contributed by atoms with E-state index < -0.39 is 18.3 Å². The Kier molecular flexibility index (Phi) is 18.6. The normalized spacial score (nSPS) is 13.6. The Bertz CT molecular complexity index is 717. The van der Waals surface area contributed by atoms with Crippen LogP contribution in [0, 0.1) is 0 Å². The second kappa shape index (κ2) is 19.5. The first-order valence-electron chi connectivity index (χ1n) is 12.7. The Morgan fingerprint density at radius 3 is 1.64 bits per heavy atom. The third kappa shape index (κ3) is 13.1. The van der Waals surface area contributed by atoms with Gasteiger partial charge < -0.3 is 20.6 Å². The molecule has 3 N–H and O–H groups in total. The zero-order valence-corrected chi connectivity index (χ0v) is 24.1. The van der Waals surface area contributed by atoms with Gasteiger partial charge in [-0.15, -0.1) is 0 Å². The fourth-order valence-corrected chi connectivity index (χ4v) is 4.99. The van der Waals surface area contributed by atoms with Crippen molar-refractivity contribution in [1.29, 1.82) is 0 Å². The van der Waals surface area contributed by atoms with Crippen LogP contribution in [0.1, 0.15) is 67.2 Å². The summed E-state index contributed by atoms with van der Waals surface area (Å²) in [5.41, 5.74) is 0. The van der Waals surface area contributed by atoms with Gasteiger partial charge in [0.1, 0.15) is 12.3 Å². The van der Waals surface area contributed by atoms with Crippen molar-refractivity contribution >= 4 is 51.5 Å². The minimum absolute atomic E-state index is 0.00227. The molecule has 0 spiro atoms. The highest BCUT2D eigenvalue weighted by Crippen LogP contribution is 2.17. The number of amides is 3. The van der Waals surface area contributed by atoms with Crippen LogP contribution in [0.25, 0.3) is 0 Å². The van der Waals surface area contributed by atoms with Crippen LogP contribution in [0.3, 0.4) is 0 Å². The maximum absolute atomic E-state index is 12.7. The van der Waals surface area contributed by atoms with E-state index in [1.165, 1.54) is 0 Å². The van der Waals surface area contributed by atoms with Crippen LogP contribution in [0.15, 0.2) is 0 Å². The molecule has 0 bridgehead atoms. The summed E-state index contributed by atoms with van der Waals surface area (Å²) >= 11 is 1.91. The van der Waals surface area contributed by atoms with Gasteiger partial charge in [0.05, 0.1) is 6.04 Å². The van der Waals surface area contributed by atoms with Crippen molar-refractivity contribution in [3.63, 3.8) is 0 Å². The molecule has 10 nitrogen and oxygen atoms in total. The molecule has 0 saturated heterocycles. The van der Waals surface area contributed by atoms with E-state index in [2.05, 4.69) is 10.6 Å². The van der Waals surface area contributed by atoms with Crippen molar-refractivity contribution in [1.82, 2.24) is 20.4 Å². The van der Waals surface area contributed by atoms with E-state index >= 15 is 0 Å². The van der Waals surface area contributed by atoms with Crippen molar-refractivity contribution < 1.29 is 29.1 Å². The zero-order chi connectivity index (χ0) is 27.7. The van der Waals surface area contributed by atoms with E-state index in [-0.39, 0.29) is 65.1 Å². The maximum Gasteiger partial charge on any atom is 0.246 e. The number of likely N-dealkylation sites (N-methyl/N-ethyl adjacent to an activating group) is 2. The molecule has 0 fully saturated rings. The lowest BCUT2D eigenvalue weighted by Gasteiger charge is -2.32. The number of hydrogen-bond acceptors (Lipinski definition) is 9. The lowest BCUT2D eigenvalue weighted by Crippen LogP contribution is -2.53. The molecule has 0 aliphatic heterocycles. The predicted molar refractivity (Wildman–Crippen MR) is 145 cm³/mol. The standard InChI is InChI=1S/C24H44N4O6S2/c1-7-19(29)25-17(23(33)27(9-3)10-4)15-35-21(31)13-14-22(32)36-16-18(26-20(30)8-2)24(34)28(11-5)12-6/h17-18,23,33H,7-16H2,1-6H3,(H,25,29)(H,26,30). The lowest BCUT2D eigenvalue weighted by atomic mass is 10.2. The van der Waals surface area contributed by atoms with Crippen LogP contribution >= 0.6 is 23.5 Å². The Hall–Kier alpha value is -1.63. The van der Waals surface area contributed by atoms with Crippen LogP contribution in [-0.4, -0.2) is 98.9 Å². The van der Waals surface area contributed by atoms with Gasteiger partial charge in [0.15, 0.2) is 10.2 Å². The molecule has 0 aromatic heterocycles. The van der Waals surface area contributed by atoms with Crippen LogP contribution in [-0.2, 0) is 24.0 Å². The molecule has 208 valence electrons. The molecule has 0 heterocycles. The van der Waals surface area contributed by atoms with Crippen LogP contribution < -0.4 is 10.6 Å². The average molecular weight is 549 g/mol. The number of carbonyl (C=O) groups excluding carboxylic acids is 5. The van der Waals surface area contributed by atoms with Gasteiger partial charge in [0, 0.05) is 50.3 Å². The highest BCUT2D eigenvalue weighted by Gasteiger charge is 2.27. The lowest BCUT2D eigenvalue weighted by molar-refractivity contribution is -0.135. The van der Waals surface area contributed by atoms with Gasteiger partial charge in [-0.1, -0.05) is 51.2 Å². The molecule has 0 aliphatic rings. The Balaban J connectivity index is 4.85. The molecule has 0 saturated carbocycles. The highest BCUT2D eigenvalue weighted by atomic mass is 32.2. The first kappa shape index (κ1) is 34.4. The number of hydrogen-bond donors (Lipinski definition) is 3. The number of nitrogens with one attached hydrogen (secondary N) is 2. The van der Waals surface area contributed by atoms with E-state index in [4.69, 9.17) is 0 Å². The Morgan fingerprint density at radius 1 is 0.722 bits per heavy atom. The van der Waals surface area contributed by atoms with Crippen LogP contribution in [0.5, 0.6) is 0 Å². The highest BCUT2D eigenvalue weighted by molar-refractivity contribution is 8.14. The molecular formula is C24H44N4O6S2. The number of rotatable bonds is 18. The molecule has 36 heavy (non-hydrogen) atoms. The van der Waals surface area contributed by atoms with Crippen LogP contribution in [0.2, 0.25) is 0 Å². The number of aliphatic hydroxyl groups excluding tert-OH is 1. The zero-order valence-electron chi connectivity index (χ0n) is 22.5. The summed E-state index contributed by atoms with van der Waals surface area (Å²) in [5, 5.41) is 15.6. The number of carbonyl (C=O) groups is 5. The van der Waals surface area contributed by atoms with Crippen LogP contribution in [0.4, 0.5) is 0 Å². The molecule has 0 rings (SSSR count). The van der Waals surface area contributed by atoms with E-state index in [1.807, 2.05) is 27.7 Å². The van der Waals surface area contributed by atoms with E-state index in [1.54, 1.807) is 23.6 Å². The Morgan fingerprint density at radius 2 is 1.19 bits per heavy atom. The maximum atomic E-state index is 12.7. The first-order valence-corrected chi connectivity index (χ1v) is 14.7. The third-order valence-corrected chi connectivity index (χ3v) is 7.69. The van der Waals surface area contributed by atoms with Gasteiger partial charge in [-0.05, 0) is 26.9 Å². The first-order chi connectivity index (χ1) is 17.1. The second-order valence-corrected chi connectivity index (χ2v) is 10.2.